The summed E-state index contributed by atoms with van der Waals surface area (Å²) in [4.78, 5) is 0. The molecule has 1 rings (SSSR count). The van der Waals surface area contributed by atoms with Crippen LogP contribution in [0.5, 0.6) is 0 Å². The number of aromatic nitrogens is 2. The quantitative estimate of drug-likeness (QED) is 0.536. The van der Waals surface area contributed by atoms with Crippen LogP contribution in [0.3, 0.4) is 0 Å². The Balaban J connectivity index is 2.79. The molecule has 54 valence electrons. The minimum absolute atomic E-state index is 0.884. The van der Waals surface area contributed by atoms with E-state index in [4.69, 9.17) is 0 Å². The van der Waals surface area contributed by atoms with Crippen LogP contribution in [0.2, 0.25) is 0 Å². The number of aromatic amines is 1. The molecule has 0 aliphatic carbocycles. The van der Waals surface area contributed by atoms with Crippen molar-refractivity contribution in [2.24, 2.45) is 0 Å². The summed E-state index contributed by atoms with van der Waals surface area (Å²) < 4.78 is 0. The van der Waals surface area contributed by atoms with E-state index < -0.39 is 0 Å². The first kappa shape index (κ1) is 6.82. The highest BCUT2D eigenvalue weighted by atomic mass is 15.4. The van der Waals surface area contributed by atoms with Crippen LogP contribution in [0.1, 0.15) is 5.69 Å². The predicted octanol–water partition coefficient (Wildman–Crippen LogP) is 0.599. The molecule has 0 aromatic carbocycles. The minimum atomic E-state index is 0.884. The molecule has 4 nitrogen and oxygen atoms in total. The maximum absolute atomic E-state index is 3.81. The van der Waals surface area contributed by atoms with Gasteiger partial charge in [0.25, 0.3) is 0 Å². The fourth-order valence-corrected chi connectivity index (χ4v) is 0.686. The van der Waals surface area contributed by atoms with Crippen LogP contribution in [0, 0.1) is 0 Å². The van der Waals surface area contributed by atoms with Gasteiger partial charge in [-0.2, -0.15) is 5.10 Å². The second-order valence-electron chi connectivity index (χ2n) is 1.78. The van der Waals surface area contributed by atoms with Gasteiger partial charge in [0.2, 0.25) is 0 Å². The number of anilines is 1. The Morgan fingerprint density at radius 3 is 3.20 bits per heavy atom. The zero-order valence-electron chi connectivity index (χ0n) is 5.81. The third-order valence-electron chi connectivity index (χ3n) is 1.13. The molecule has 0 unspecified atom stereocenters. The van der Waals surface area contributed by atoms with E-state index in [0.29, 0.717) is 0 Å². The van der Waals surface area contributed by atoms with E-state index in [2.05, 4.69) is 27.6 Å². The lowest BCUT2D eigenvalue weighted by atomic mass is 10.4. The first-order valence-corrected chi connectivity index (χ1v) is 2.97. The van der Waals surface area contributed by atoms with Gasteiger partial charge in [-0.1, -0.05) is 6.58 Å². The summed E-state index contributed by atoms with van der Waals surface area (Å²) in [6.45, 7) is 3.61. The monoisotopic (exact) mass is 138 g/mol. The molecule has 0 spiro atoms. The predicted molar refractivity (Wildman–Crippen MR) is 41.4 cm³/mol. The Hall–Kier alpha value is -1.29. The molecule has 10 heavy (non-hydrogen) atoms. The van der Waals surface area contributed by atoms with E-state index in [1.807, 2.05) is 0 Å². The van der Waals surface area contributed by atoms with E-state index in [1.165, 1.54) is 0 Å². The standard InChI is InChI=1S/C6H10N4/c1-3-5-6(9-7-2)4-8-10-5/h3-4,7,9H,1H2,2H3,(H,8,10). The van der Waals surface area contributed by atoms with Crippen LogP contribution >= 0.6 is 0 Å². The van der Waals surface area contributed by atoms with Gasteiger partial charge in [-0.15, -0.1) is 0 Å². The van der Waals surface area contributed by atoms with Crippen molar-refractivity contribution in [1.82, 2.24) is 15.6 Å². The fourth-order valence-electron chi connectivity index (χ4n) is 0.686. The molecule has 0 atom stereocenters. The van der Waals surface area contributed by atoms with Gasteiger partial charge >= 0.3 is 0 Å². The van der Waals surface area contributed by atoms with Crippen molar-refractivity contribution < 1.29 is 0 Å². The third-order valence-corrected chi connectivity index (χ3v) is 1.13. The highest BCUT2D eigenvalue weighted by Crippen LogP contribution is 2.09. The Morgan fingerprint density at radius 1 is 1.80 bits per heavy atom. The number of nitrogens with one attached hydrogen (secondary N) is 3. The molecule has 1 aromatic rings. The molecule has 0 amide bonds. The lowest BCUT2D eigenvalue weighted by molar-refractivity contribution is 0.984. The zero-order chi connectivity index (χ0) is 7.40. The van der Waals surface area contributed by atoms with Gasteiger partial charge < -0.3 is 5.43 Å². The van der Waals surface area contributed by atoms with Gasteiger partial charge in [-0.05, 0) is 6.08 Å². The molecule has 0 saturated heterocycles. The topological polar surface area (TPSA) is 52.7 Å². The Labute approximate surface area is 59.3 Å². The number of hydrazine groups is 1. The van der Waals surface area contributed by atoms with Gasteiger partial charge in [-0.25, -0.2) is 5.43 Å². The molecular formula is C6H10N4. The number of hydrogen-bond donors (Lipinski definition) is 3. The van der Waals surface area contributed by atoms with E-state index in [-0.39, 0.29) is 0 Å². The normalized spacial score (nSPS) is 9.30. The van der Waals surface area contributed by atoms with Crippen LogP contribution in [0.4, 0.5) is 5.69 Å². The number of H-pyrrole nitrogens is 1. The van der Waals surface area contributed by atoms with Crippen molar-refractivity contribution in [3.63, 3.8) is 0 Å². The fraction of sp³-hybridized carbons (Fsp3) is 0.167. The molecule has 4 heteroatoms. The lowest BCUT2D eigenvalue weighted by Crippen LogP contribution is -2.14. The Kier molecular flexibility index (Phi) is 2.07. The first-order valence-electron chi connectivity index (χ1n) is 2.97. The SMILES string of the molecule is C=Cc1[nH]ncc1NNC. The molecule has 0 saturated carbocycles. The Morgan fingerprint density at radius 2 is 2.60 bits per heavy atom. The van der Waals surface area contributed by atoms with Crippen LogP contribution in [-0.4, -0.2) is 17.2 Å². The van der Waals surface area contributed by atoms with Crippen LogP contribution in [0.15, 0.2) is 12.8 Å². The maximum Gasteiger partial charge on any atom is 0.0942 e. The van der Waals surface area contributed by atoms with Gasteiger partial charge in [0.05, 0.1) is 17.6 Å². The van der Waals surface area contributed by atoms with E-state index in [0.717, 1.165) is 11.4 Å². The highest BCUT2D eigenvalue weighted by Gasteiger charge is 1.96. The molecule has 0 fully saturated rings. The molecule has 0 radical (unpaired) electrons. The van der Waals surface area contributed by atoms with Gasteiger partial charge in [-0.3, -0.25) is 5.10 Å². The second-order valence-corrected chi connectivity index (χ2v) is 1.78. The summed E-state index contributed by atoms with van der Waals surface area (Å²) in [6.07, 6.45) is 3.39. The van der Waals surface area contributed by atoms with E-state index in [1.54, 1.807) is 19.3 Å². The molecule has 1 heterocycles. The third kappa shape index (κ3) is 1.16. The Bertz CT molecular complexity index is 215. The second kappa shape index (κ2) is 3.03. The number of rotatable bonds is 3. The summed E-state index contributed by atoms with van der Waals surface area (Å²) in [5.74, 6) is 0. The van der Waals surface area contributed by atoms with Gasteiger partial charge in [0.15, 0.2) is 0 Å². The van der Waals surface area contributed by atoms with Crippen LogP contribution in [-0.2, 0) is 0 Å². The van der Waals surface area contributed by atoms with E-state index in [9.17, 15) is 0 Å². The molecular weight excluding hydrogens is 128 g/mol. The maximum atomic E-state index is 3.81. The average Bonchev–Trinajstić information content (AvgIpc) is 2.36. The number of nitrogens with zero attached hydrogens (tertiary/aromatic N) is 1. The van der Waals surface area contributed by atoms with Crippen molar-refractivity contribution in [3.05, 3.63) is 18.5 Å². The summed E-state index contributed by atoms with van der Waals surface area (Å²) in [7, 11) is 1.79. The summed E-state index contributed by atoms with van der Waals surface area (Å²) in [5.41, 5.74) is 7.46. The average molecular weight is 138 g/mol. The first-order chi connectivity index (χ1) is 4.88. The van der Waals surface area contributed by atoms with Crippen LogP contribution < -0.4 is 10.9 Å². The smallest absolute Gasteiger partial charge is 0.0942 e. The molecule has 0 aliphatic heterocycles. The zero-order valence-corrected chi connectivity index (χ0v) is 5.81. The lowest BCUT2D eigenvalue weighted by Gasteiger charge is -1.99. The minimum Gasteiger partial charge on any atom is -0.318 e. The summed E-state index contributed by atoms with van der Waals surface area (Å²) >= 11 is 0. The summed E-state index contributed by atoms with van der Waals surface area (Å²) in [5, 5.41) is 6.58. The molecule has 1 aromatic heterocycles. The summed E-state index contributed by atoms with van der Waals surface area (Å²) in [6, 6.07) is 0. The van der Waals surface area contributed by atoms with Crippen LogP contribution in [0.25, 0.3) is 6.08 Å². The van der Waals surface area contributed by atoms with Gasteiger partial charge in [0, 0.05) is 7.05 Å². The number of hydrogen-bond acceptors (Lipinski definition) is 3. The van der Waals surface area contributed by atoms with Crippen molar-refractivity contribution in [2.45, 2.75) is 0 Å². The van der Waals surface area contributed by atoms with Crippen molar-refractivity contribution in [1.29, 1.82) is 0 Å². The highest BCUT2D eigenvalue weighted by molar-refractivity contribution is 5.60. The van der Waals surface area contributed by atoms with Gasteiger partial charge in [0.1, 0.15) is 0 Å². The largest absolute Gasteiger partial charge is 0.318 e. The van der Waals surface area contributed by atoms with E-state index >= 15 is 0 Å². The van der Waals surface area contributed by atoms with Crippen molar-refractivity contribution in [2.75, 3.05) is 12.5 Å². The van der Waals surface area contributed by atoms with Crippen molar-refractivity contribution in [3.8, 4) is 0 Å². The van der Waals surface area contributed by atoms with Crippen molar-refractivity contribution >= 4 is 11.8 Å². The molecule has 0 aliphatic rings. The molecule has 0 bridgehead atoms. The molecule has 3 N–H and O–H groups in total.